The topological polar surface area (TPSA) is 29.0 Å². The van der Waals surface area contributed by atoms with Crippen molar-refractivity contribution < 1.29 is 0 Å². The van der Waals surface area contributed by atoms with Crippen LogP contribution in [0, 0.1) is 6.92 Å². The third-order valence-corrected chi connectivity index (χ3v) is 4.37. The van der Waals surface area contributed by atoms with Gasteiger partial charge in [-0.2, -0.15) is 0 Å². The van der Waals surface area contributed by atoms with Crippen LogP contribution in [-0.4, -0.2) is 28.0 Å². The van der Waals surface area contributed by atoms with Gasteiger partial charge in [-0.25, -0.2) is 9.97 Å². The van der Waals surface area contributed by atoms with Gasteiger partial charge in [0.15, 0.2) is 0 Å². The van der Waals surface area contributed by atoms with E-state index in [0.29, 0.717) is 5.92 Å². The van der Waals surface area contributed by atoms with Crippen LogP contribution in [0.2, 0.25) is 0 Å². The summed E-state index contributed by atoms with van der Waals surface area (Å²) in [5.74, 6) is 1.69. The molecule has 1 unspecified atom stereocenters. The number of likely N-dealkylation sites (tertiary alicyclic amines) is 1. The average molecular weight is 245 g/mol. The molecular formula is C15H23N3. The van der Waals surface area contributed by atoms with Crippen LogP contribution in [0.4, 0.5) is 0 Å². The van der Waals surface area contributed by atoms with E-state index in [4.69, 9.17) is 9.97 Å². The zero-order valence-corrected chi connectivity index (χ0v) is 11.6. The van der Waals surface area contributed by atoms with Gasteiger partial charge in [-0.05, 0) is 63.6 Å². The summed E-state index contributed by atoms with van der Waals surface area (Å²) >= 11 is 0. The van der Waals surface area contributed by atoms with E-state index < -0.39 is 0 Å². The average Bonchev–Trinajstić information content (AvgIpc) is 2.81. The summed E-state index contributed by atoms with van der Waals surface area (Å²) in [6.45, 7) is 7.86. The minimum absolute atomic E-state index is 0.648. The summed E-state index contributed by atoms with van der Waals surface area (Å²) in [5.41, 5.74) is 3.99. The second-order valence-corrected chi connectivity index (χ2v) is 5.86. The number of hydrogen-bond acceptors (Lipinski definition) is 3. The van der Waals surface area contributed by atoms with Crippen molar-refractivity contribution in [1.29, 1.82) is 0 Å². The summed E-state index contributed by atoms with van der Waals surface area (Å²) in [7, 11) is 0. The van der Waals surface area contributed by atoms with E-state index in [1.165, 1.54) is 55.7 Å². The largest absolute Gasteiger partial charge is 0.296 e. The van der Waals surface area contributed by atoms with Crippen molar-refractivity contribution in [3.05, 3.63) is 22.8 Å². The lowest BCUT2D eigenvalue weighted by molar-refractivity contribution is 0.321. The molecule has 0 amide bonds. The van der Waals surface area contributed by atoms with Gasteiger partial charge >= 0.3 is 0 Å². The number of hydrogen-bond donors (Lipinski definition) is 0. The minimum Gasteiger partial charge on any atom is -0.296 e. The van der Waals surface area contributed by atoms with Gasteiger partial charge in [0, 0.05) is 11.4 Å². The summed E-state index contributed by atoms with van der Waals surface area (Å²) in [4.78, 5) is 12.1. The molecule has 1 aliphatic heterocycles. The van der Waals surface area contributed by atoms with E-state index in [9.17, 15) is 0 Å². The van der Waals surface area contributed by atoms with Gasteiger partial charge in [0.05, 0.1) is 6.54 Å². The fourth-order valence-electron chi connectivity index (χ4n) is 3.47. The molecule has 2 aliphatic rings. The third-order valence-electron chi connectivity index (χ3n) is 4.37. The first-order valence-corrected chi connectivity index (χ1v) is 7.32. The van der Waals surface area contributed by atoms with Crippen LogP contribution in [0.1, 0.15) is 61.3 Å². The Kier molecular flexibility index (Phi) is 3.33. The smallest absolute Gasteiger partial charge is 0.142 e. The van der Waals surface area contributed by atoms with Crippen molar-refractivity contribution in [2.45, 2.75) is 58.4 Å². The molecule has 1 fully saturated rings. The van der Waals surface area contributed by atoms with Crippen molar-refractivity contribution in [3.8, 4) is 0 Å². The highest BCUT2D eigenvalue weighted by molar-refractivity contribution is 5.31. The lowest BCUT2D eigenvalue weighted by Gasteiger charge is -2.24. The van der Waals surface area contributed by atoms with Crippen LogP contribution in [0.5, 0.6) is 0 Å². The maximum Gasteiger partial charge on any atom is 0.142 e. The third kappa shape index (κ3) is 2.28. The van der Waals surface area contributed by atoms with E-state index in [-0.39, 0.29) is 0 Å². The number of fused-ring (bicyclic) bond motifs is 1. The highest BCUT2D eigenvalue weighted by Crippen LogP contribution is 2.31. The van der Waals surface area contributed by atoms with Crippen molar-refractivity contribution >= 4 is 0 Å². The van der Waals surface area contributed by atoms with Crippen LogP contribution in [-0.2, 0) is 13.0 Å². The summed E-state index contributed by atoms with van der Waals surface area (Å²) < 4.78 is 0. The highest BCUT2D eigenvalue weighted by Gasteiger charge is 2.22. The molecule has 0 N–H and O–H groups in total. The zero-order valence-electron chi connectivity index (χ0n) is 11.6. The molecule has 98 valence electrons. The molecule has 1 saturated heterocycles. The zero-order chi connectivity index (χ0) is 12.5. The van der Waals surface area contributed by atoms with E-state index in [1.54, 1.807) is 0 Å². The quantitative estimate of drug-likeness (QED) is 0.802. The van der Waals surface area contributed by atoms with E-state index in [0.717, 1.165) is 18.8 Å². The standard InChI is InChI=1S/C15H23N3/c1-11-6-5-7-13-15(11)12(2)16-14(17-13)10-18-8-3-4-9-18/h11H,3-10H2,1-2H3. The highest BCUT2D eigenvalue weighted by atomic mass is 15.2. The molecule has 0 radical (unpaired) electrons. The van der Waals surface area contributed by atoms with E-state index in [1.807, 2.05) is 0 Å². The second kappa shape index (κ2) is 4.96. The van der Waals surface area contributed by atoms with Gasteiger partial charge in [-0.15, -0.1) is 0 Å². The van der Waals surface area contributed by atoms with Crippen molar-refractivity contribution in [1.82, 2.24) is 14.9 Å². The van der Waals surface area contributed by atoms with E-state index in [2.05, 4.69) is 18.7 Å². The molecule has 18 heavy (non-hydrogen) atoms. The Morgan fingerprint density at radius 3 is 2.72 bits per heavy atom. The molecule has 0 spiro atoms. The molecule has 0 bridgehead atoms. The SMILES string of the molecule is Cc1nc(CN2CCCC2)nc2c1C(C)CCC2. The Morgan fingerprint density at radius 1 is 1.17 bits per heavy atom. The molecular weight excluding hydrogens is 222 g/mol. The Balaban J connectivity index is 1.86. The fraction of sp³-hybridized carbons (Fsp3) is 0.733. The first kappa shape index (κ1) is 12.1. The van der Waals surface area contributed by atoms with Gasteiger partial charge < -0.3 is 0 Å². The van der Waals surface area contributed by atoms with Crippen molar-refractivity contribution in [3.63, 3.8) is 0 Å². The second-order valence-electron chi connectivity index (χ2n) is 5.86. The van der Waals surface area contributed by atoms with Crippen LogP contribution in [0.3, 0.4) is 0 Å². The molecule has 1 aliphatic carbocycles. The Morgan fingerprint density at radius 2 is 1.94 bits per heavy atom. The fourth-order valence-corrected chi connectivity index (χ4v) is 3.47. The Labute approximate surface area is 110 Å². The van der Waals surface area contributed by atoms with Gasteiger partial charge in [-0.1, -0.05) is 6.92 Å². The van der Waals surface area contributed by atoms with Crippen LogP contribution >= 0.6 is 0 Å². The lowest BCUT2D eigenvalue weighted by atomic mass is 9.86. The lowest BCUT2D eigenvalue weighted by Crippen LogP contribution is -2.22. The molecule has 3 rings (SSSR count). The van der Waals surface area contributed by atoms with Crippen LogP contribution in [0.15, 0.2) is 0 Å². The normalized spacial score (nSPS) is 24.2. The van der Waals surface area contributed by atoms with Gasteiger partial charge in [0.25, 0.3) is 0 Å². The maximum absolute atomic E-state index is 4.84. The van der Waals surface area contributed by atoms with Crippen LogP contribution in [0.25, 0.3) is 0 Å². The van der Waals surface area contributed by atoms with Crippen molar-refractivity contribution in [2.75, 3.05) is 13.1 Å². The van der Waals surface area contributed by atoms with E-state index >= 15 is 0 Å². The number of aromatic nitrogens is 2. The number of nitrogens with zero attached hydrogens (tertiary/aromatic N) is 3. The molecule has 1 atom stereocenters. The molecule has 0 saturated carbocycles. The summed E-state index contributed by atoms with van der Waals surface area (Å²) in [6.07, 6.45) is 6.40. The predicted molar refractivity (Wildman–Crippen MR) is 72.6 cm³/mol. The Hall–Kier alpha value is -0.960. The first-order chi connectivity index (χ1) is 8.74. The summed E-state index contributed by atoms with van der Waals surface area (Å²) in [5, 5.41) is 0. The van der Waals surface area contributed by atoms with Crippen LogP contribution < -0.4 is 0 Å². The summed E-state index contributed by atoms with van der Waals surface area (Å²) in [6, 6.07) is 0. The molecule has 3 nitrogen and oxygen atoms in total. The number of aryl methyl sites for hydroxylation is 2. The minimum atomic E-state index is 0.648. The number of rotatable bonds is 2. The maximum atomic E-state index is 4.84. The molecule has 1 aromatic rings. The van der Waals surface area contributed by atoms with Gasteiger partial charge in [0.2, 0.25) is 0 Å². The van der Waals surface area contributed by atoms with Crippen molar-refractivity contribution in [2.24, 2.45) is 0 Å². The Bertz CT molecular complexity index is 436. The molecule has 3 heteroatoms. The molecule has 2 heterocycles. The molecule has 0 aromatic carbocycles. The monoisotopic (exact) mass is 245 g/mol. The van der Waals surface area contributed by atoms with Gasteiger partial charge in [-0.3, -0.25) is 4.90 Å². The predicted octanol–water partition coefficient (Wildman–Crippen LogP) is 2.82. The van der Waals surface area contributed by atoms with Gasteiger partial charge in [0.1, 0.15) is 5.82 Å². The first-order valence-electron chi connectivity index (χ1n) is 7.32. The molecule has 1 aromatic heterocycles.